The van der Waals surface area contributed by atoms with Crippen LogP contribution in [0, 0.1) is 12.8 Å². The number of aliphatic carboxylic acids is 1. The van der Waals surface area contributed by atoms with Gasteiger partial charge in [-0.05, 0) is 19.8 Å². The Labute approximate surface area is 127 Å². The van der Waals surface area contributed by atoms with Crippen LogP contribution in [0.3, 0.4) is 0 Å². The van der Waals surface area contributed by atoms with Crippen molar-refractivity contribution in [3.63, 3.8) is 0 Å². The molecule has 0 bridgehead atoms. The Morgan fingerprint density at radius 1 is 1.55 bits per heavy atom. The first-order valence-corrected chi connectivity index (χ1v) is 8.50. The van der Waals surface area contributed by atoms with E-state index in [-0.39, 0.29) is 11.8 Å². The summed E-state index contributed by atoms with van der Waals surface area (Å²) in [5, 5.41) is 14.6. The highest BCUT2D eigenvalue weighted by Crippen LogP contribution is 2.14. The summed E-state index contributed by atoms with van der Waals surface area (Å²) < 4.78 is 0. The van der Waals surface area contributed by atoms with E-state index in [0.29, 0.717) is 25.1 Å². The number of amides is 1. The number of nitrogens with zero attached hydrogens (tertiary/aromatic N) is 1. The molecule has 0 fully saturated rings. The number of nitrogens with one attached hydrogen (secondary N) is 1. The van der Waals surface area contributed by atoms with Crippen molar-refractivity contribution in [1.82, 2.24) is 10.3 Å². The number of carboxylic acid groups (broad SMARTS) is 1. The van der Waals surface area contributed by atoms with E-state index < -0.39 is 5.97 Å². The second kappa shape index (κ2) is 8.97. The van der Waals surface area contributed by atoms with Crippen molar-refractivity contribution in [1.29, 1.82) is 0 Å². The summed E-state index contributed by atoms with van der Waals surface area (Å²) in [6.45, 7) is 4.17. The normalized spacial score (nSPS) is 12.1. The number of aromatic nitrogens is 1. The Hall–Kier alpha value is -1.08. The van der Waals surface area contributed by atoms with E-state index in [2.05, 4.69) is 10.3 Å². The molecule has 1 amide bonds. The van der Waals surface area contributed by atoms with Gasteiger partial charge in [0.05, 0.1) is 22.4 Å². The SMILES string of the molecule is Cc1nc(CSCC(=O)NCCCC(C)C(=O)O)cs1. The second-order valence-corrected chi connectivity index (χ2v) is 6.63. The van der Waals surface area contributed by atoms with Gasteiger partial charge in [-0.1, -0.05) is 6.92 Å². The molecule has 7 heteroatoms. The molecule has 5 nitrogen and oxygen atoms in total. The average molecular weight is 316 g/mol. The van der Waals surface area contributed by atoms with Crippen molar-refractivity contribution in [3.05, 3.63) is 16.1 Å². The quantitative estimate of drug-likeness (QED) is 0.683. The summed E-state index contributed by atoms with van der Waals surface area (Å²) in [5.41, 5.74) is 1.01. The topological polar surface area (TPSA) is 79.3 Å². The maximum Gasteiger partial charge on any atom is 0.306 e. The lowest BCUT2D eigenvalue weighted by Gasteiger charge is -2.07. The van der Waals surface area contributed by atoms with Crippen molar-refractivity contribution in [2.75, 3.05) is 12.3 Å². The van der Waals surface area contributed by atoms with Crippen molar-refractivity contribution >= 4 is 35.0 Å². The van der Waals surface area contributed by atoms with Gasteiger partial charge in [-0.3, -0.25) is 9.59 Å². The second-order valence-electron chi connectivity index (χ2n) is 4.58. The van der Waals surface area contributed by atoms with Crippen LogP contribution in [-0.4, -0.2) is 34.3 Å². The van der Waals surface area contributed by atoms with E-state index in [1.54, 1.807) is 18.3 Å². The molecular formula is C13H20N2O3S2. The Morgan fingerprint density at radius 3 is 2.90 bits per heavy atom. The van der Waals surface area contributed by atoms with E-state index in [4.69, 9.17) is 5.11 Å². The van der Waals surface area contributed by atoms with Crippen molar-refractivity contribution in [2.24, 2.45) is 5.92 Å². The van der Waals surface area contributed by atoms with Crippen LogP contribution in [0.15, 0.2) is 5.38 Å². The third-order valence-electron chi connectivity index (χ3n) is 2.71. The number of aryl methyl sites for hydroxylation is 1. The molecule has 0 radical (unpaired) electrons. The zero-order valence-electron chi connectivity index (χ0n) is 11.7. The molecule has 1 atom stereocenters. The van der Waals surface area contributed by atoms with Crippen LogP contribution in [0.2, 0.25) is 0 Å². The van der Waals surface area contributed by atoms with Crippen molar-refractivity contribution < 1.29 is 14.7 Å². The van der Waals surface area contributed by atoms with Crippen LogP contribution in [0.5, 0.6) is 0 Å². The van der Waals surface area contributed by atoms with Gasteiger partial charge < -0.3 is 10.4 Å². The molecule has 1 rings (SSSR count). The lowest BCUT2D eigenvalue weighted by atomic mass is 10.1. The summed E-state index contributed by atoms with van der Waals surface area (Å²) in [4.78, 5) is 26.5. The number of hydrogen-bond acceptors (Lipinski definition) is 5. The molecule has 0 saturated carbocycles. The van der Waals surface area contributed by atoms with Crippen molar-refractivity contribution in [3.8, 4) is 0 Å². The molecule has 0 aliphatic carbocycles. The van der Waals surface area contributed by atoms with E-state index >= 15 is 0 Å². The number of hydrogen-bond donors (Lipinski definition) is 2. The number of carboxylic acids is 1. The molecule has 1 aromatic heterocycles. The number of thiazole rings is 1. The van der Waals surface area contributed by atoms with Crippen molar-refractivity contribution in [2.45, 2.75) is 32.4 Å². The van der Waals surface area contributed by atoms with E-state index in [0.717, 1.165) is 16.5 Å². The molecule has 2 N–H and O–H groups in total. The third-order valence-corrected chi connectivity index (χ3v) is 4.50. The highest BCUT2D eigenvalue weighted by Gasteiger charge is 2.10. The van der Waals surface area contributed by atoms with Crippen LogP contribution < -0.4 is 5.32 Å². The van der Waals surface area contributed by atoms with Crippen LogP contribution in [0.4, 0.5) is 0 Å². The minimum atomic E-state index is -0.787. The molecular weight excluding hydrogens is 296 g/mol. The first-order valence-electron chi connectivity index (χ1n) is 6.47. The van der Waals surface area contributed by atoms with Gasteiger partial charge in [0, 0.05) is 17.7 Å². The zero-order valence-corrected chi connectivity index (χ0v) is 13.4. The highest BCUT2D eigenvalue weighted by atomic mass is 32.2. The highest BCUT2D eigenvalue weighted by molar-refractivity contribution is 7.99. The molecule has 1 unspecified atom stereocenters. The molecule has 0 aliphatic rings. The van der Waals surface area contributed by atoms with Crippen LogP contribution in [-0.2, 0) is 15.3 Å². The molecule has 20 heavy (non-hydrogen) atoms. The average Bonchev–Trinajstić information content (AvgIpc) is 2.80. The Balaban J connectivity index is 2.04. The number of thioether (sulfide) groups is 1. The van der Waals surface area contributed by atoms with E-state index in [1.165, 1.54) is 11.8 Å². The zero-order chi connectivity index (χ0) is 15.0. The molecule has 0 saturated heterocycles. The molecule has 0 aromatic carbocycles. The summed E-state index contributed by atoms with van der Waals surface area (Å²) >= 11 is 3.15. The predicted octanol–water partition coefficient (Wildman–Crippen LogP) is 2.30. The van der Waals surface area contributed by atoms with Gasteiger partial charge in [0.1, 0.15) is 0 Å². The summed E-state index contributed by atoms with van der Waals surface area (Å²) in [5.74, 6) is 0.00309. The smallest absolute Gasteiger partial charge is 0.306 e. The molecule has 1 aromatic rings. The maximum absolute atomic E-state index is 11.6. The molecule has 0 aliphatic heterocycles. The third kappa shape index (κ3) is 6.91. The maximum atomic E-state index is 11.6. The molecule has 0 spiro atoms. The first-order chi connectivity index (χ1) is 9.49. The molecule has 1 heterocycles. The number of rotatable bonds is 9. The monoisotopic (exact) mass is 316 g/mol. The lowest BCUT2D eigenvalue weighted by molar-refractivity contribution is -0.141. The van der Waals surface area contributed by atoms with Gasteiger partial charge >= 0.3 is 5.97 Å². The summed E-state index contributed by atoms with van der Waals surface area (Å²) in [6.07, 6.45) is 1.27. The van der Waals surface area contributed by atoms with Gasteiger partial charge in [0.2, 0.25) is 5.91 Å². The minimum Gasteiger partial charge on any atom is -0.481 e. The fourth-order valence-electron chi connectivity index (χ4n) is 1.53. The van der Waals surface area contributed by atoms with Gasteiger partial charge in [-0.15, -0.1) is 23.1 Å². The summed E-state index contributed by atoms with van der Waals surface area (Å²) in [6, 6.07) is 0. The van der Waals surface area contributed by atoms with Gasteiger partial charge in [-0.25, -0.2) is 4.98 Å². The Morgan fingerprint density at radius 2 is 2.30 bits per heavy atom. The summed E-state index contributed by atoms with van der Waals surface area (Å²) in [7, 11) is 0. The standard InChI is InChI=1S/C13H20N2O3S2/c1-9(13(17)18)4-3-5-14-12(16)8-19-6-11-7-20-10(2)15-11/h7,9H,3-6,8H2,1-2H3,(H,14,16)(H,17,18). The fraction of sp³-hybridized carbons (Fsp3) is 0.615. The van der Waals surface area contributed by atoms with E-state index in [9.17, 15) is 9.59 Å². The molecule has 112 valence electrons. The first kappa shape index (κ1) is 17.0. The number of carbonyl (C=O) groups is 2. The number of carbonyl (C=O) groups excluding carboxylic acids is 1. The Kier molecular flexibility index (Phi) is 7.61. The lowest BCUT2D eigenvalue weighted by Crippen LogP contribution is -2.26. The van der Waals surface area contributed by atoms with Crippen LogP contribution in [0.1, 0.15) is 30.5 Å². The van der Waals surface area contributed by atoms with Gasteiger partial charge in [0.25, 0.3) is 0 Å². The predicted molar refractivity (Wildman–Crippen MR) is 82.1 cm³/mol. The van der Waals surface area contributed by atoms with E-state index in [1.807, 2.05) is 12.3 Å². The fourth-order valence-corrected chi connectivity index (χ4v) is 3.00. The van der Waals surface area contributed by atoms with Crippen LogP contribution >= 0.6 is 23.1 Å². The largest absolute Gasteiger partial charge is 0.481 e. The Bertz CT molecular complexity index is 449. The van der Waals surface area contributed by atoms with Gasteiger partial charge in [0.15, 0.2) is 0 Å². The van der Waals surface area contributed by atoms with Crippen LogP contribution in [0.25, 0.3) is 0 Å². The minimum absolute atomic E-state index is 0.00932. The van der Waals surface area contributed by atoms with Gasteiger partial charge in [-0.2, -0.15) is 0 Å².